The Kier molecular flexibility index (Phi) is 6.71. The van der Waals surface area contributed by atoms with Crippen LogP contribution >= 0.6 is 11.3 Å². The highest BCUT2D eigenvalue weighted by Crippen LogP contribution is 2.35. The number of sulfone groups is 1. The molecule has 0 amide bonds. The van der Waals surface area contributed by atoms with Crippen LogP contribution in [0.4, 0.5) is 5.13 Å². The van der Waals surface area contributed by atoms with Gasteiger partial charge in [-0.25, -0.2) is 13.4 Å². The van der Waals surface area contributed by atoms with Crippen LogP contribution < -0.4 is 14.4 Å². The van der Waals surface area contributed by atoms with E-state index in [0.29, 0.717) is 37.4 Å². The number of rotatable bonds is 7. The lowest BCUT2D eigenvalue weighted by Crippen LogP contribution is -2.39. The zero-order valence-electron chi connectivity index (χ0n) is 18.6. The first kappa shape index (κ1) is 22.6. The number of hydrogen-bond donors (Lipinski definition) is 0. The molecule has 0 atom stereocenters. The van der Waals surface area contributed by atoms with Crippen LogP contribution in [0.3, 0.4) is 0 Å². The van der Waals surface area contributed by atoms with Crippen LogP contribution in [0.2, 0.25) is 0 Å². The largest absolute Gasteiger partial charge is 0.497 e. The molecule has 6 nitrogen and oxygen atoms in total. The Morgan fingerprint density at radius 3 is 2.53 bits per heavy atom. The van der Waals surface area contributed by atoms with Gasteiger partial charge in [0.1, 0.15) is 16.4 Å². The van der Waals surface area contributed by atoms with Crippen molar-refractivity contribution in [2.45, 2.75) is 36.3 Å². The molecule has 1 aliphatic heterocycles. The van der Waals surface area contributed by atoms with E-state index in [1.54, 1.807) is 29.5 Å². The highest BCUT2D eigenvalue weighted by Gasteiger charge is 2.34. The first-order valence-electron chi connectivity index (χ1n) is 10.6. The summed E-state index contributed by atoms with van der Waals surface area (Å²) in [6.07, 6.45) is 1.91. The lowest BCUT2D eigenvalue weighted by Gasteiger charge is -2.31. The van der Waals surface area contributed by atoms with E-state index in [0.717, 1.165) is 17.2 Å². The fourth-order valence-corrected chi connectivity index (χ4v) is 6.85. The molecule has 0 N–H and O–H groups in total. The van der Waals surface area contributed by atoms with Crippen molar-refractivity contribution in [3.8, 4) is 11.5 Å². The van der Waals surface area contributed by atoms with E-state index < -0.39 is 15.1 Å². The van der Waals surface area contributed by atoms with Gasteiger partial charge in [0.05, 0.1) is 25.2 Å². The summed E-state index contributed by atoms with van der Waals surface area (Å²) in [6.45, 7) is 3.44. The summed E-state index contributed by atoms with van der Waals surface area (Å²) in [5, 5.41) is 2.61. The van der Waals surface area contributed by atoms with E-state index in [1.807, 2.05) is 6.07 Å². The van der Waals surface area contributed by atoms with E-state index in [9.17, 15) is 8.42 Å². The quantitative estimate of drug-likeness (QED) is 0.504. The van der Waals surface area contributed by atoms with Crippen LogP contribution in [-0.4, -0.2) is 46.0 Å². The summed E-state index contributed by atoms with van der Waals surface area (Å²) in [5.41, 5.74) is 3.59. The van der Waals surface area contributed by atoms with Crippen LogP contribution in [0, 0.1) is 6.92 Å². The molecule has 2 aromatic carbocycles. The predicted molar refractivity (Wildman–Crippen MR) is 128 cm³/mol. The molecule has 0 spiro atoms. The van der Waals surface area contributed by atoms with Gasteiger partial charge in [0.2, 0.25) is 0 Å². The third-order valence-corrected chi connectivity index (χ3v) is 9.23. The standard InChI is InChI=1S/C24H28N2O4S2/c1-17-6-4-5-7-18(17)14-19-16-31-24(25-19)26-12-10-21(11-13-26)32(27,28)23-15-20(29-2)8-9-22(23)30-3/h4-9,15-16,21H,10-14H2,1-3H3. The van der Waals surface area contributed by atoms with Crippen LogP contribution in [0.5, 0.6) is 11.5 Å². The minimum Gasteiger partial charge on any atom is -0.497 e. The number of nitrogens with zero attached hydrogens (tertiary/aromatic N) is 2. The van der Waals surface area contributed by atoms with E-state index in [-0.39, 0.29) is 4.90 Å². The maximum atomic E-state index is 13.4. The number of hydrogen-bond acceptors (Lipinski definition) is 7. The Morgan fingerprint density at radius 1 is 1.09 bits per heavy atom. The number of aryl methyl sites for hydroxylation is 1. The average molecular weight is 473 g/mol. The highest BCUT2D eigenvalue weighted by molar-refractivity contribution is 7.92. The molecule has 0 bridgehead atoms. The smallest absolute Gasteiger partial charge is 0.185 e. The fourth-order valence-electron chi connectivity index (χ4n) is 4.07. The summed E-state index contributed by atoms with van der Waals surface area (Å²) >= 11 is 1.63. The second kappa shape index (κ2) is 9.50. The molecule has 8 heteroatoms. The van der Waals surface area contributed by atoms with Crippen molar-refractivity contribution in [1.82, 2.24) is 4.98 Å². The maximum Gasteiger partial charge on any atom is 0.185 e. The summed E-state index contributed by atoms with van der Waals surface area (Å²) in [5.74, 6) is 0.861. The minimum atomic E-state index is -3.53. The second-order valence-electron chi connectivity index (χ2n) is 7.97. The van der Waals surface area contributed by atoms with Crippen molar-refractivity contribution in [2.75, 3.05) is 32.2 Å². The van der Waals surface area contributed by atoms with Crippen molar-refractivity contribution in [1.29, 1.82) is 0 Å². The number of anilines is 1. The number of thiazole rings is 1. The van der Waals surface area contributed by atoms with Crippen LogP contribution in [0.15, 0.2) is 52.7 Å². The van der Waals surface area contributed by atoms with Gasteiger partial charge in [-0.2, -0.15) is 0 Å². The summed E-state index contributed by atoms with van der Waals surface area (Å²) in [4.78, 5) is 7.22. The van der Waals surface area contributed by atoms with Crippen LogP contribution in [0.25, 0.3) is 0 Å². The van der Waals surface area contributed by atoms with E-state index >= 15 is 0 Å². The SMILES string of the molecule is COc1ccc(OC)c(S(=O)(=O)C2CCN(c3nc(Cc4ccccc4C)cs3)CC2)c1. The molecule has 1 aliphatic rings. The van der Waals surface area contributed by atoms with E-state index in [4.69, 9.17) is 14.5 Å². The molecule has 4 rings (SSSR count). The first-order valence-corrected chi connectivity index (χ1v) is 13.0. The predicted octanol–water partition coefficient (Wildman–Crippen LogP) is 4.50. The van der Waals surface area contributed by atoms with Crippen molar-refractivity contribution >= 4 is 26.3 Å². The first-order chi connectivity index (χ1) is 15.4. The molecule has 2 heterocycles. The lowest BCUT2D eigenvalue weighted by atomic mass is 10.1. The lowest BCUT2D eigenvalue weighted by molar-refractivity contribution is 0.391. The normalized spacial score (nSPS) is 15.0. The third kappa shape index (κ3) is 4.61. The number of piperidine rings is 1. The average Bonchev–Trinajstić information content (AvgIpc) is 3.29. The molecule has 32 heavy (non-hydrogen) atoms. The van der Waals surface area contributed by atoms with Gasteiger partial charge >= 0.3 is 0 Å². The molecule has 0 radical (unpaired) electrons. The van der Waals surface area contributed by atoms with Crippen molar-refractivity contribution in [3.05, 3.63) is 64.7 Å². The van der Waals surface area contributed by atoms with Crippen molar-refractivity contribution in [3.63, 3.8) is 0 Å². The molecule has 1 saturated heterocycles. The second-order valence-corrected chi connectivity index (χ2v) is 11.0. The van der Waals surface area contributed by atoms with Gasteiger partial charge in [-0.1, -0.05) is 24.3 Å². The highest BCUT2D eigenvalue weighted by atomic mass is 32.2. The zero-order valence-corrected chi connectivity index (χ0v) is 20.2. The minimum absolute atomic E-state index is 0.201. The summed E-state index contributed by atoms with van der Waals surface area (Å²) in [7, 11) is -0.520. The fraction of sp³-hybridized carbons (Fsp3) is 0.375. The Labute approximate surface area is 193 Å². The molecular weight excluding hydrogens is 444 g/mol. The Bertz CT molecular complexity index is 1180. The summed E-state index contributed by atoms with van der Waals surface area (Å²) in [6, 6.07) is 13.3. The van der Waals surface area contributed by atoms with Crippen molar-refractivity contribution in [2.24, 2.45) is 0 Å². The Balaban J connectivity index is 1.45. The van der Waals surface area contributed by atoms with Gasteiger partial charge in [-0.3, -0.25) is 0 Å². The Morgan fingerprint density at radius 2 is 1.84 bits per heavy atom. The van der Waals surface area contributed by atoms with E-state index in [1.165, 1.54) is 25.3 Å². The molecule has 3 aromatic rings. The molecule has 1 fully saturated rings. The number of aromatic nitrogens is 1. The van der Waals surface area contributed by atoms with Gasteiger partial charge < -0.3 is 14.4 Å². The zero-order chi connectivity index (χ0) is 22.7. The number of benzene rings is 2. The Hall–Kier alpha value is -2.58. The summed E-state index contributed by atoms with van der Waals surface area (Å²) < 4.78 is 37.2. The van der Waals surface area contributed by atoms with Gasteiger partial charge in [-0.05, 0) is 43.0 Å². The van der Waals surface area contributed by atoms with Gasteiger partial charge in [0.25, 0.3) is 0 Å². The molecule has 1 aromatic heterocycles. The van der Waals surface area contributed by atoms with Gasteiger partial charge in [0, 0.05) is 31.0 Å². The molecule has 0 saturated carbocycles. The van der Waals surface area contributed by atoms with Crippen molar-refractivity contribution < 1.29 is 17.9 Å². The van der Waals surface area contributed by atoms with Crippen LogP contribution in [0.1, 0.15) is 29.7 Å². The van der Waals surface area contributed by atoms with E-state index in [2.05, 4.69) is 35.4 Å². The van der Waals surface area contributed by atoms with Gasteiger partial charge in [-0.15, -0.1) is 11.3 Å². The topological polar surface area (TPSA) is 68.7 Å². The number of ether oxygens (including phenoxy) is 2. The van der Waals surface area contributed by atoms with Gasteiger partial charge in [0.15, 0.2) is 15.0 Å². The molecular formula is C24H28N2O4S2. The molecule has 0 unspecified atom stereocenters. The number of methoxy groups -OCH3 is 2. The van der Waals surface area contributed by atoms with Crippen LogP contribution in [-0.2, 0) is 16.3 Å². The maximum absolute atomic E-state index is 13.4. The monoisotopic (exact) mass is 472 g/mol. The molecule has 170 valence electrons. The third-order valence-electron chi connectivity index (χ3n) is 6.00. The molecule has 0 aliphatic carbocycles.